The number of carbonyl (C=O) groups is 1. The summed E-state index contributed by atoms with van der Waals surface area (Å²) < 4.78 is 2.93. The smallest absolute Gasteiger partial charge is 0.253 e. The van der Waals surface area contributed by atoms with Gasteiger partial charge in [-0.1, -0.05) is 0 Å². The molecule has 0 N–H and O–H groups in total. The first-order chi connectivity index (χ1) is 10.1. The van der Waals surface area contributed by atoms with Crippen molar-refractivity contribution < 1.29 is 4.79 Å². The molecule has 6 heteroatoms. The Labute approximate surface area is 126 Å². The average Bonchev–Trinajstić information content (AvgIpc) is 3.10. The van der Waals surface area contributed by atoms with Gasteiger partial charge in [0.15, 0.2) is 0 Å². The fraction of sp³-hybridized carbons (Fsp3) is 0.267. The second-order valence-electron chi connectivity index (χ2n) is 4.91. The highest BCUT2D eigenvalue weighted by atomic mass is 32.1. The number of aromatic nitrogens is 3. The molecule has 0 fully saturated rings. The van der Waals surface area contributed by atoms with Gasteiger partial charge in [-0.2, -0.15) is 5.10 Å². The van der Waals surface area contributed by atoms with Gasteiger partial charge in [0.2, 0.25) is 0 Å². The summed E-state index contributed by atoms with van der Waals surface area (Å²) in [4.78, 5) is 18.6. The fourth-order valence-electron chi connectivity index (χ4n) is 2.18. The molecule has 3 aromatic rings. The number of hydrogen-bond acceptors (Lipinski definition) is 4. The van der Waals surface area contributed by atoms with Crippen molar-refractivity contribution in [1.29, 1.82) is 0 Å². The standard InChI is InChI=1S/C15H16N4OS/c1-11-17-13-10-12(4-5-14(13)21-11)15(20)18(2)8-9-19-7-3-6-16-19/h3-7,10H,8-9H2,1-2H3. The summed E-state index contributed by atoms with van der Waals surface area (Å²) >= 11 is 1.64. The Balaban J connectivity index is 1.72. The zero-order valence-electron chi connectivity index (χ0n) is 12.0. The average molecular weight is 300 g/mol. The predicted molar refractivity (Wildman–Crippen MR) is 83.5 cm³/mol. The molecular weight excluding hydrogens is 284 g/mol. The molecule has 5 nitrogen and oxygen atoms in total. The maximum atomic E-state index is 12.4. The van der Waals surface area contributed by atoms with Crippen molar-refractivity contribution in [2.24, 2.45) is 0 Å². The second kappa shape index (κ2) is 5.65. The number of carbonyl (C=O) groups excluding carboxylic acids is 1. The topological polar surface area (TPSA) is 51.0 Å². The van der Waals surface area contributed by atoms with Crippen LogP contribution in [0.25, 0.3) is 10.2 Å². The predicted octanol–water partition coefficient (Wildman–Crippen LogP) is 2.57. The molecule has 2 heterocycles. The van der Waals surface area contributed by atoms with E-state index in [1.54, 1.807) is 22.4 Å². The van der Waals surface area contributed by atoms with Crippen LogP contribution >= 0.6 is 11.3 Å². The fourth-order valence-corrected chi connectivity index (χ4v) is 2.99. The Morgan fingerprint density at radius 3 is 3.05 bits per heavy atom. The molecule has 0 radical (unpaired) electrons. The molecule has 0 aliphatic carbocycles. The van der Waals surface area contributed by atoms with Crippen LogP contribution in [0.2, 0.25) is 0 Å². The molecular formula is C15H16N4OS. The molecule has 2 aromatic heterocycles. The number of benzene rings is 1. The summed E-state index contributed by atoms with van der Waals surface area (Å²) in [5.74, 6) is 0.00899. The van der Waals surface area contributed by atoms with Crippen LogP contribution < -0.4 is 0 Å². The van der Waals surface area contributed by atoms with E-state index in [-0.39, 0.29) is 5.91 Å². The Hall–Kier alpha value is -2.21. The van der Waals surface area contributed by atoms with Crippen LogP contribution in [0, 0.1) is 6.92 Å². The minimum absolute atomic E-state index is 0.00899. The van der Waals surface area contributed by atoms with Crippen molar-refractivity contribution in [3.05, 3.63) is 47.2 Å². The quantitative estimate of drug-likeness (QED) is 0.744. The molecule has 0 bridgehead atoms. The molecule has 1 amide bonds. The summed E-state index contributed by atoms with van der Waals surface area (Å²) in [7, 11) is 1.81. The van der Waals surface area contributed by atoms with Crippen LogP contribution in [0.1, 0.15) is 15.4 Å². The number of amides is 1. The molecule has 0 atom stereocenters. The number of likely N-dealkylation sites (N-methyl/N-ethyl adjacent to an activating group) is 1. The lowest BCUT2D eigenvalue weighted by Crippen LogP contribution is -2.30. The lowest BCUT2D eigenvalue weighted by Gasteiger charge is -2.17. The highest BCUT2D eigenvalue weighted by Crippen LogP contribution is 2.22. The summed E-state index contributed by atoms with van der Waals surface area (Å²) in [6.45, 7) is 3.28. The largest absolute Gasteiger partial charge is 0.340 e. The minimum atomic E-state index is 0.00899. The van der Waals surface area contributed by atoms with Crippen molar-refractivity contribution in [3.63, 3.8) is 0 Å². The van der Waals surface area contributed by atoms with E-state index >= 15 is 0 Å². The Bertz CT molecular complexity index is 763. The van der Waals surface area contributed by atoms with Gasteiger partial charge in [0.25, 0.3) is 5.91 Å². The van der Waals surface area contributed by atoms with Gasteiger partial charge in [0.1, 0.15) is 0 Å². The van der Waals surface area contributed by atoms with Gasteiger partial charge in [0.05, 0.1) is 21.8 Å². The van der Waals surface area contributed by atoms with Gasteiger partial charge < -0.3 is 4.90 Å². The summed E-state index contributed by atoms with van der Waals surface area (Å²) in [6, 6.07) is 7.58. The van der Waals surface area contributed by atoms with E-state index < -0.39 is 0 Å². The van der Waals surface area contributed by atoms with Gasteiger partial charge in [-0.15, -0.1) is 11.3 Å². The summed E-state index contributed by atoms with van der Waals surface area (Å²) in [6.07, 6.45) is 3.63. The molecule has 21 heavy (non-hydrogen) atoms. The third-order valence-electron chi connectivity index (χ3n) is 3.31. The molecule has 0 aliphatic rings. The summed E-state index contributed by atoms with van der Waals surface area (Å²) in [5, 5.41) is 5.15. The second-order valence-corrected chi connectivity index (χ2v) is 6.15. The minimum Gasteiger partial charge on any atom is -0.340 e. The molecule has 0 unspecified atom stereocenters. The Morgan fingerprint density at radius 2 is 2.29 bits per heavy atom. The lowest BCUT2D eigenvalue weighted by atomic mass is 10.2. The van der Waals surface area contributed by atoms with Crippen LogP contribution in [0.3, 0.4) is 0 Å². The summed E-state index contributed by atoms with van der Waals surface area (Å²) in [5.41, 5.74) is 1.57. The number of nitrogens with zero attached hydrogens (tertiary/aromatic N) is 4. The van der Waals surface area contributed by atoms with E-state index in [1.807, 2.05) is 49.1 Å². The molecule has 0 spiro atoms. The number of rotatable bonds is 4. The first-order valence-electron chi connectivity index (χ1n) is 6.73. The van der Waals surface area contributed by atoms with Gasteiger partial charge in [-0.25, -0.2) is 4.98 Å². The maximum absolute atomic E-state index is 12.4. The van der Waals surface area contributed by atoms with E-state index in [2.05, 4.69) is 10.1 Å². The van der Waals surface area contributed by atoms with Crippen LogP contribution in [0.4, 0.5) is 0 Å². The highest BCUT2D eigenvalue weighted by molar-refractivity contribution is 7.18. The first-order valence-corrected chi connectivity index (χ1v) is 7.55. The first kappa shape index (κ1) is 13.8. The zero-order valence-corrected chi connectivity index (χ0v) is 12.8. The van der Waals surface area contributed by atoms with Crippen molar-refractivity contribution in [3.8, 4) is 0 Å². The molecule has 108 valence electrons. The molecule has 0 aliphatic heterocycles. The molecule has 0 saturated carbocycles. The highest BCUT2D eigenvalue weighted by Gasteiger charge is 2.13. The van der Waals surface area contributed by atoms with Crippen LogP contribution in [0.15, 0.2) is 36.7 Å². The van der Waals surface area contributed by atoms with Crippen molar-refractivity contribution >= 4 is 27.5 Å². The lowest BCUT2D eigenvalue weighted by molar-refractivity contribution is 0.0789. The number of aryl methyl sites for hydroxylation is 1. The Kier molecular flexibility index (Phi) is 3.70. The molecule has 3 rings (SSSR count). The van der Waals surface area contributed by atoms with Crippen molar-refractivity contribution in [2.45, 2.75) is 13.5 Å². The van der Waals surface area contributed by atoms with E-state index in [0.717, 1.165) is 15.2 Å². The van der Waals surface area contributed by atoms with E-state index in [1.165, 1.54) is 0 Å². The Morgan fingerprint density at radius 1 is 1.43 bits per heavy atom. The third kappa shape index (κ3) is 2.95. The van der Waals surface area contributed by atoms with Gasteiger partial charge in [0, 0.05) is 31.5 Å². The third-order valence-corrected chi connectivity index (χ3v) is 4.26. The monoisotopic (exact) mass is 300 g/mol. The SMILES string of the molecule is Cc1nc2cc(C(=O)N(C)CCn3cccn3)ccc2s1. The van der Waals surface area contributed by atoms with E-state index in [0.29, 0.717) is 18.7 Å². The van der Waals surface area contributed by atoms with E-state index in [9.17, 15) is 4.79 Å². The van der Waals surface area contributed by atoms with Gasteiger partial charge in [-0.05, 0) is 31.2 Å². The molecule has 0 saturated heterocycles. The van der Waals surface area contributed by atoms with Gasteiger partial charge in [-0.3, -0.25) is 9.48 Å². The van der Waals surface area contributed by atoms with Crippen LogP contribution in [-0.4, -0.2) is 39.2 Å². The number of fused-ring (bicyclic) bond motifs is 1. The van der Waals surface area contributed by atoms with Crippen molar-refractivity contribution in [2.75, 3.05) is 13.6 Å². The normalized spacial score (nSPS) is 11.0. The number of thiazole rings is 1. The van der Waals surface area contributed by atoms with Crippen LogP contribution in [0.5, 0.6) is 0 Å². The molecule has 1 aromatic carbocycles. The zero-order chi connectivity index (χ0) is 14.8. The maximum Gasteiger partial charge on any atom is 0.253 e. The van der Waals surface area contributed by atoms with Crippen molar-refractivity contribution in [1.82, 2.24) is 19.7 Å². The van der Waals surface area contributed by atoms with Gasteiger partial charge >= 0.3 is 0 Å². The van der Waals surface area contributed by atoms with Crippen LogP contribution in [-0.2, 0) is 6.54 Å². The number of hydrogen-bond donors (Lipinski definition) is 0. The van der Waals surface area contributed by atoms with E-state index in [4.69, 9.17) is 0 Å².